The molecular weight excluding hydrogens is 392 g/mol. The van der Waals surface area contributed by atoms with Crippen molar-refractivity contribution in [2.24, 2.45) is 0 Å². The van der Waals surface area contributed by atoms with E-state index in [1.807, 2.05) is 36.4 Å². The zero-order chi connectivity index (χ0) is 21.6. The second-order valence-electron chi connectivity index (χ2n) is 7.43. The number of methoxy groups -OCH3 is 2. The van der Waals surface area contributed by atoms with Gasteiger partial charge in [-0.2, -0.15) is 0 Å². The Balaban J connectivity index is 1.43. The summed E-state index contributed by atoms with van der Waals surface area (Å²) in [5.74, 6) is 1.80. The van der Waals surface area contributed by atoms with Crippen molar-refractivity contribution in [1.29, 1.82) is 0 Å². The molecule has 0 bridgehead atoms. The maximum atomic E-state index is 12.6. The van der Waals surface area contributed by atoms with Gasteiger partial charge in [0.1, 0.15) is 0 Å². The number of carbonyl (C=O) groups excluding carboxylic acids is 1. The zero-order valence-corrected chi connectivity index (χ0v) is 17.8. The highest BCUT2D eigenvalue weighted by Crippen LogP contribution is 2.28. The van der Waals surface area contributed by atoms with Crippen LogP contribution in [0.25, 0.3) is 11.3 Å². The third kappa shape index (κ3) is 4.77. The van der Waals surface area contributed by atoms with E-state index in [4.69, 9.17) is 9.47 Å². The van der Waals surface area contributed by atoms with Crippen molar-refractivity contribution >= 4 is 17.4 Å². The van der Waals surface area contributed by atoms with Crippen molar-refractivity contribution in [1.82, 2.24) is 10.2 Å². The van der Waals surface area contributed by atoms with Crippen LogP contribution >= 0.6 is 0 Å². The average molecular weight is 418 g/mol. The Bertz CT molecular complexity index is 1030. The minimum absolute atomic E-state index is 0.223. The molecule has 0 spiro atoms. The average Bonchev–Trinajstić information content (AvgIpc) is 2.84. The number of nitrogens with zero attached hydrogens (tertiary/aromatic N) is 3. The first kappa shape index (κ1) is 20.7. The lowest BCUT2D eigenvalue weighted by molar-refractivity contribution is 0.102. The molecule has 1 aromatic heterocycles. The molecule has 7 heteroatoms. The predicted octanol–water partition coefficient (Wildman–Crippen LogP) is 4.40. The Morgan fingerprint density at radius 1 is 0.871 bits per heavy atom. The first-order valence-electron chi connectivity index (χ1n) is 10.4. The Morgan fingerprint density at radius 3 is 2.26 bits per heavy atom. The van der Waals surface area contributed by atoms with E-state index in [9.17, 15) is 4.79 Å². The van der Waals surface area contributed by atoms with Crippen LogP contribution in [0.1, 0.15) is 29.6 Å². The number of ether oxygens (including phenoxy) is 2. The SMILES string of the molecule is COc1ccc(C(=O)Nc2ccc(-c3ccc(N4CCCCC4)nn3)cc2)cc1OC. The van der Waals surface area contributed by atoms with Gasteiger partial charge >= 0.3 is 0 Å². The maximum Gasteiger partial charge on any atom is 0.255 e. The summed E-state index contributed by atoms with van der Waals surface area (Å²) in [6, 6.07) is 16.6. The fraction of sp³-hybridized carbons (Fsp3) is 0.292. The summed E-state index contributed by atoms with van der Waals surface area (Å²) in [7, 11) is 3.10. The van der Waals surface area contributed by atoms with E-state index in [1.165, 1.54) is 19.3 Å². The highest BCUT2D eigenvalue weighted by atomic mass is 16.5. The molecule has 1 saturated heterocycles. The molecule has 4 rings (SSSR count). The number of benzene rings is 2. The second-order valence-corrected chi connectivity index (χ2v) is 7.43. The van der Waals surface area contributed by atoms with Crippen LogP contribution in [0.4, 0.5) is 11.5 Å². The molecule has 1 fully saturated rings. The van der Waals surface area contributed by atoms with Gasteiger partial charge in [-0.15, -0.1) is 10.2 Å². The van der Waals surface area contributed by atoms with Crippen LogP contribution in [0.3, 0.4) is 0 Å². The summed E-state index contributed by atoms with van der Waals surface area (Å²) in [5.41, 5.74) is 2.93. The molecule has 0 radical (unpaired) electrons. The predicted molar refractivity (Wildman–Crippen MR) is 121 cm³/mol. The van der Waals surface area contributed by atoms with Crippen molar-refractivity contribution in [3.05, 3.63) is 60.2 Å². The lowest BCUT2D eigenvalue weighted by atomic mass is 10.1. The summed E-state index contributed by atoms with van der Waals surface area (Å²) < 4.78 is 10.5. The molecule has 0 aliphatic carbocycles. The van der Waals surface area contributed by atoms with Gasteiger partial charge < -0.3 is 19.7 Å². The number of rotatable bonds is 6. The fourth-order valence-corrected chi connectivity index (χ4v) is 3.68. The van der Waals surface area contributed by atoms with Gasteiger partial charge in [-0.05, 0) is 61.7 Å². The lowest BCUT2D eigenvalue weighted by Gasteiger charge is -2.27. The first-order valence-corrected chi connectivity index (χ1v) is 10.4. The van der Waals surface area contributed by atoms with Gasteiger partial charge in [-0.25, -0.2) is 0 Å². The quantitative estimate of drug-likeness (QED) is 0.639. The van der Waals surface area contributed by atoms with Gasteiger partial charge in [-0.3, -0.25) is 4.79 Å². The van der Waals surface area contributed by atoms with E-state index < -0.39 is 0 Å². The molecule has 0 unspecified atom stereocenters. The van der Waals surface area contributed by atoms with Crippen LogP contribution in [0.5, 0.6) is 11.5 Å². The number of hydrogen-bond acceptors (Lipinski definition) is 6. The topological polar surface area (TPSA) is 76.6 Å². The molecule has 1 aliphatic heterocycles. The molecule has 160 valence electrons. The smallest absolute Gasteiger partial charge is 0.255 e. The molecule has 31 heavy (non-hydrogen) atoms. The van der Waals surface area contributed by atoms with Gasteiger partial charge in [0.25, 0.3) is 5.91 Å². The monoisotopic (exact) mass is 418 g/mol. The van der Waals surface area contributed by atoms with Crippen molar-refractivity contribution < 1.29 is 14.3 Å². The van der Waals surface area contributed by atoms with Crippen LogP contribution in [0.2, 0.25) is 0 Å². The van der Waals surface area contributed by atoms with Crippen LogP contribution in [0.15, 0.2) is 54.6 Å². The van der Waals surface area contributed by atoms with E-state index in [1.54, 1.807) is 32.4 Å². The van der Waals surface area contributed by atoms with E-state index in [0.29, 0.717) is 22.7 Å². The van der Waals surface area contributed by atoms with Gasteiger partial charge in [0.2, 0.25) is 0 Å². The van der Waals surface area contributed by atoms with Crippen LogP contribution in [-0.4, -0.2) is 43.4 Å². The van der Waals surface area contributed by atoms with Crippen molar-refractivity contribution in [2.75, 3.05) is 37.5 Å². The number of piperidine rings is 1. The molecule has 2 aromatic carbocycles. The Hall–Kier alpha value is -3.61. The van der Waals surface area contributed by atoms with E-state index in [2.05, 4.69) is 20.4 Å². The fourth-order valence-electron chi connectivity index (χ4n) is 3.68. The van der Waals surface area contributed by atoms with Gasteiger partial charge in [0.15, 0.2) is 17.3 Å². The molecule has 3 aromatic rings. The standard InChI is InChI=1S/C24H26N4O3/c1-30-21-12-8-18(16-22(21)31-2)24(29)25-19-9-6-17(7-10-19)20-11-13-23(27-26-20)28-14-4-3-5-15-28/h6-13,16H,3-5,14-15H2,1-2H3,(H,25,29). The van der Waals surface area contributed by atoms with E-state index in [0.717, 1.165) is 30.2 Å². The van der Waals surface area contributed by atoms with Crippen LogP contribution in [-0.2, 0) is 0 Å². The molecule has 0 atom stereocenters. The molecule has 2 heterocycles. The van der Waals surface area contributed by atoms with Gasteiger partial charge in [0, 0.05) is 29.9 Å². The van der Waals surface area contributed by atoms with Crippen LogP contribution in [0, 0.1) is 0 Å². The third-order valence-corrected chi connectivity index (χ3v) is 5.41. The molecule has 7 nitrogen and oxygen atoms in total. The number of nitrogens with one attached hydrogen (secondary N) is 1. The van der Waals surface area contributed by atoms with Crippen molar-refractivity contribution in [3.63, 3.8) is 0 Å². The maximum absolute atomic E-state index is 12.6. The zero-order valence-electron chi connectivity index (χ0n) is 17.8. The summed E-state index contributed by atoms with van der Waals surface area (Å²) in [5, 5.41) is 11.7. The Kier molecular flexibility index (Phi) is 6.31. The summed E-state index contributed by atoms with van der Waals surface area (Å²) in [4.78, 5) is 14.9. The van der Waals surface area contributed by atoms with Crippen molar-refractivity contribution in [2.45, 2.75) is 19.3 Å². The molecule has 1 aliphatic rings. The minimum Gasteiger partial charge on any atom is -0.493 e. The van der Waals surface area contributed by atoms with Gasteiger partial charge in [-0.1, -0.05) is 12.1 Å². The molecule has 1 amide bonds. The van der Waals surface area contributed by atoms with Crippen LogP contribution < -0.4 is 19.7 Å². The Morgan fingerprint density at radius 2 is 1.61 bits per heavy atom. The molecule has 0 saturated carbocycles. The Labute approximate surface area is 182 Å². The highest BCUT2D eigenvalue weighted by molar-refractivity contribution is 6.04. The summed E-state index contributed by atoms with van der Waals surface area (Å²) >= 11 is 0. The number of aromatic nitrogens is 2. The number of hydrogen-bond donors (Lipinski definition) is 1. The summed E-state index contributed by atoms with van der Waals surface area (Å²) in [6.07, 6.45) is 3.71. The third-order valence-electron chi connectivity index (χ3n) is 5.41. The number of carbonyl (C=O) groups is 1. The normalized spacial score (nSPS) is 13.5. The summed E-state index contributed by atoms with van der Waals surface area (Å²) in [6.45, 7) is 2.09. The minimum atomic E-state index is -0.223. The van der Waals surface area contributed by atoms with E-state index in [-0.39, 0.29) is 5.91 Å². The van der Waals surface area contributed by atoms with Crippen molar-refractivity contribution in [3.8, 4) is 22.8 Å². The largest absolute Gasteiger partial charge is 0.493 e. The van der Waals surface area contributed by atoms with E-state index >= 15 is 0 Å². The molecular formula is C24H26N4O3. The number of amides is 1. The van der Waals surface area contributed by atoms with Gasteiger partial charge in [0.05, 0.1) is 19.9 Å². The highest BCUT2D eigenvalue weighted by Gasteiger charge is 2.13. The number of anilines is 2. The molecule has 1 N–H and O–H groups in total. The second kappa shape index (κ2) is 9.47. The lowest BCUT2D eigenvalue weighted by Crippen LogP contribution is -2.30. The first-order chi connectivity index (χ1) is 15.2.